The quantitative estimate of drug-likeness (QED) is 0.634. The largest absolute Gasteiger partial charge is 0.573 e. The lowest BCUT2D eigenvalue weighted by Gasteiger charge is -2.15. The third-order valence-electron chi connectivity index (χ3n) is 2.66. The number of alkyl halides is 3. The molecule has 1 N–H and O–H groups in total. The summed E-state index contributed by atoms with van der Waals surface area (Å²) in [5, 5.41) is 10.4. The third kappa shape index (κ3) is 4.58. The van der Waals surface area contributed by atoms with Gasteiger partial charge in [0.05, 0.1) is 0 Å². The van der Waals surface area contributed by atoms with Gasteiger partial charge in [-0.25, -0.2) is 0 Å². The maximum absolute atomic E-state index is 12.2. The van der Waals surface area contributed by atoms with Gasteiger partial charge in [-0.1, -0.05) is 28.1 Å². The van der Waals surface area contributed by atoms with Crippen LogP contribution in [-0.4, -0.2) is 11.5 Å². The van der Waals surface area contributed by atoms with Gasteiger partial charge in [-0.15, -0.1) is 13.2 Å². The van der Waals surface area contributed by atoms with Crippen molar-refractivity contribution in [3.05, 3.63) is 61.6 Å². The van der Waals surface area contributed by atoms with Gasteiger partial charge in [-0.3, -0.25) is 0 Å². The van der Waals surface area contributed by atoms with Gasteiger partial charge >= 0.3 is 6.36 Å². The second-order valence-electron chi connectivity index (χ2n) is 4.19. The fourth-order valence-electron chi connectivity index (χ4n) is 1.79. The van der Waals surface area contributed by atoms with Crippen molar-refractivity contribution < 1.29 is 23.0 Å². The topological polar surface area (TPSA) is 29.5 Å². The van der Waals surface area contributed by atoms with Gasteiger partial charge in [0, 0.05) is 8.04 Å². The summed E-state index contributed by atoms with van der Waals surface area (Å²) in [5.41, 5.74) is 0.932. The second-order valence-corrected chi connectivity index (χ2v) is 6.27. The highest BCUT2D eigenvalue weighted by Gasteiger charge is 2.31. The zero-order chi connectivity index (χ0) is 15.6. The lowest BCUT2D eigenvalue weighted by molar-refractivity contribution is -0.274. The van der Waals surface area contributed by atoms with Crippen LogP contribution in [0.15, 0.2) is 46.9 Å². The molecule has 1 unspecified atom stereocenters. The molecule has 2 aromatic carbocycles. The van der Waals surface area contributed by atoms with E-state index in [2.05, 4.69) is 43.3 Å². The molecule has 112 valence electrons. The number of ether oxygens (including phenoxy) is 1. The molecule has 21 heavy (non-hydrogen) atoms. The Morgan fingerprint density at radius 2 is 1.86 bits per heavy atom. The van der Waals surface area contributed by atoms with E-state index in [1.807, 2.05) is 6.07 Å². The predicted octanol–water partition coefficient (Wildman–Crippen LogP) is 5.03. The molecule has 0 radical (unpaired) electrons. The highest BCUT2D eigenvalue weighted by Crippen LogP contribution is 2.31. The first-order chi connectivity index (χ1) is 9.76. The lowest BCUT2D eigenvalue weighted by Crippen LogP contribution is -2.17. The number of rotatable bonds is 3. The molecule has 0 heterocycles. The Balaban J connectivity index is 2.33. The predicted molar refractivity (Wildman–Crippen MR) is 84.0 cm³/mol. The van der Waals surface area contributed by atoms with E-state index in [0.717, 1.165) is 8.04 Å². The van der Waals surface area contributed by atoms with Gasteiger partial charge in [-0.2, -0.15) is 0 Å². The van der Waals surface area contributed by atoms with Crippen molar-refractivity contribution in [2.75, 3.05) is 0 Å². The minimum absolute atomic E-state index is 0.327. The molecule has 0 amide bonds. The molecule has 7 heteroatoms. The number of halogens is 5. The van der Waals surface area contributed by atoms with Crippen molar-refractivity contribution in [3.8, 4) is 5.75 Å². The van der Waals surface area contributed by atoms with Gasteiger partial charge < -0.3 is 9.84 Å². The Bertz CT molecular complexity index is 646. The van der Waals surface area contributed by atoms with Crippen molar-refractivity contribution in [3.63, 3.8) is 0 Å². The number of hydrogen-bond donors (Lipinski definition) is 1. The van der Waals surface area contributed by atoms with Gasteiger partial charge in [0.1, 0.15) is 11.9 Å². The number of hydrogen-bond acceptors (Lipinski definition) is 2. The first-order valence-electron chi connectivity index (χ1n) is 5.75. The van der Waals surface area contributed by atoms with E-state index in [1.54, 1.807) is 18.2 Å². The molecule has 2 aromatic rings. The molecule has 0 spiro atoms. The van der Waals surface area contributed by atoms with Crippen molar-refractivity contribution in [1.82, 2.24) is 0 Å². The normalized spacial score (nSPS) is 13.0. The Morgan fingerprint density at radius 3 is 2.52 bits per heavy atom. The minimum atomic E-state index is -4.76. The van der Waals surface area contributed by atoms with Crippen LogP contribution in [0.4, 0.5) is 13.2 Å². The summed E-state index contributed by atoms with van der Waals surface area (Å²) in [6.45, 7) is 0. The van der Waals surface area contributed by atoms with Gasteiger partial charge in [0.2, 0.25) is 0 Å². The van der Waals surface area contributed by atoms with Gasteiger partial charge in [0.15, 0.2) is 0 Å². The van der Waals surface area contributed by atoms with Crippen LogP contribution in [0.2, 0.25) is 0 Å². The lowest BCUT2D eigenvalue weighted by atomic mass is 10.0. The minimum Gasteiger partial charge on any atom is -0.406 e. The average molecular weight is 473 g/mol. The molecular formula is C14H9BrF3IO2. The molecule has 0 aromatic heterocycles. The fourth-order valence-corrected chi connectivity index (χ4v) is 2.79. The molecule has 0 aliphatic carbocycles. The summed E-state index contributed by atoms with van der Waals surface area (Å²) in [4.78, 5) is 0. The summed E-state index contributed by atoms with van der Waals surface area (Å²) >= 11 is 5.36. The first kappa shape index (κ1) is 16.6. The average Bonchev–Trinajstić information content (AvgIpc) is 2.39. The molecule has 1 atom stereocenters. The number of benzene rings is 2. The monoisotopic (exact) mass is 472 g/mol. The number of aliphatic hydroxyl groups is 1. The van der Waals surface area contributed by atoms with E-state index in [4.69, 9.17) is 0 Å². The van der Waals surface area contributed by atoms with Crippen LogP contribution in [0, 0.1) is 3.57 Å². The van der Waals surface area contributed by atoms with E-state index in [-0.39, 0.29) is 5.75 Å². The van der Waals surface area contributed by atoms with E-state index in [9.17, 15) is 18.3 Å². The SMILES string of the molecule is OC(c1cccc(OC(F)(F)F)c1)c1cc(Br)ccc1I. The maximum Gasteiger partial charge on any atom is 0.573 e. The molecule has 0 aliphatic rings. The Kier molecular flexibility index (Phi) is 5.15. The summed E-state index contributed by atoms with van der Waals surface area (Å²) < 4.78 is 42.1. The second kappa shape index (κ2) is 6.53. The summed E-state index contributed by atoms with van der Waals surface area (Å²) in [5.74, 6) is -0.357. The Morgan fingerprint density at radius 1 is 1.14 bits per heavy atom. The van der Waals surface area contributed by atoms with Crippen LogP contribution in [0.3, 0.4) is 0 Å². The molecule has 0 fully saturated rings. The highest BCUT2D eigenvalue weighted by atomic mass is 127. The zero-order valence-corrected chi connectivity index (χ0v) is 14.1. The van der Waals surface area contributed by atoms with Crippen molar-refractivity contribution in [2.45, 2.75) is 12.5 Å². The van der Waals surface area contributed by atoms with Crippen molar-refractivity contribution >= 4 is 38.5 Å². The van der Waals surface area contributed by atoms with E-state index in [1.165, 1.54) is 18.2 Å². The molecule has 2 rings (SSSR count). The Labute approximate surface area is 141 Å². The summed E-state index contributed by atoms with van der Waals surface area (Å²) in [7, 11) is 0. The fraction of sp³-hybridized carbons (Fsp3) is 0.143. The zero-order valence-electron chi connectivity index (χ0n) is 10.4. The van der Waals surface area contributed by atoms with Crippen LogP contribution in [-0.2, 0) is 0 Å². The van der Waals surface area contributed by atoms with Crippen LogP contribution in [0.1, 0.15) is 17.2 Å². The highest BCUT2D eigenvalue weighted by molar-refractivity contribution is 14.1. The standard InChI is InChI=1S/C14H9BrF3IO2/c15-9-4-5-12(19)11(7-9)13(20)8-2-1-3-10(6-8)21-14(16,17)18/h1-7,13,20H. The van der Waals surface area contributed by atoms with E-state index < -0.39 is 12.5 Å². The summed E-state index contributed by atoms with van der Waals surface area (Å²) in [6, 6.07) is 10.7. The van der Waals surface area contributed by atoms with Crippen LogP contribution in [0.5, 0.6) is 5.75 Å². The third-order valence-corrected chi connectivity index (χ3v) is 4.14. The maximum atomic E-state index is 12.2. The molecular weight excluding hydrogens is 464 g/mol. The Hall–Kier alpha value is -0.800. The van der Waals surface area contributed by atoms with Crippen LogP contribution < -0.4 is 4.74 Å². The van der Waals surface area contributed by atoms with Gasteiger partial charge in [-0.05, 0) is 64.0 Å². The summed E-state index contributed by atoms with van der Waals surface area (Å²) in [6.07, 6.45) is -5.79. The van der Waals surface area contributed by atoms with Crippen LogP contribution >= 0.6 is 38.5 Å². The van der Waals surface area contributed by atoms with Crippen LogP contribution in [0.25, 0.3) is 0 Å². The molecule has 0 aliphatic heterocycles. The molecule has 0 bridgehead atoms. The molecule has 2 nitrogen and oxygen atoms in total. The first-order valence-corrected chi connectivity index (χ1v) is 7.62. The molecule has 0 saturated heterocycles. The van der Waals surface area contributed by atoms with Crippen molar-refractivity contribution in [1.29, 1.82) is 0 Å². The smallest absolute Gasteiger partial charge is 0.406 e. The van der Waals surface area contributed by atoms with Gasteiger partial charge in [0.25, 0.3) is 0 Å². The number of aliphatic hydroxyl groups excluding tert-OH is 1. The molecule has 0 saturated carbocycles. The van der Waals surface area contributed by atoms with E-state index >= 15 is 0 Å². The van der Waals surface area contributed by atoms with E-state index in [0.29, 0.717) is 11.1 Å². The van der Waals surface area contributed by atoms with Crippen molar-refractivity contribution in [2.24, 2.45) is 0 Å².